The first-order valence-electron chi connectivity index (χ1n) is 6.87. The summed E-state index contributed by atoms with van der Waals surface area (Å²) in [6, 6.07) is 15.2. The zero-order valence-electron chi connectivity index (χ0n) is 11.5. The second-order valence-electron chi connectivity index (χ2n) is 4.72. The maximum Gasteiger partial charge on any atom is 0.251 e. The van der Waals surface area contributed by atoms with Crippen LogP contribution in [0.25, 0.3) is 5.69 Å². The Morgan fingerprint density at radius 1 is 1.05 bits per heavy atom. The Kier molecular flexibility index (Phi) is 3.87. The highest BCUT2D eigenvalue weighted by molar-refractivity contribution is 5.94. The molecular weight excluding hydrogens is 264 g/mol. The zero-order valence-corrected chi connectivity index (χ0v) is 11.5. The summed E-state index contributed by atoms with van der Waals surface area (Å²) in [6.07, 6.45) is 6.27. The van der Waals surface area contributed by atoms with Gasteiger partial charge in [-0.05, 0) is 48.5 Å². The molecule has 0 unspecified atom stereocenters. The molecule has 3 rings (SSSR count). The molecule has 0 aliphatic rings. The molecule has 0 saturated carbocycles. The molecule has 0 fully saturated rings. The number of amides is 1. The molecule has 0 aliphatic carbocycles. The molecule has 0 aliphatic heterocycles. The first-order chi connectivity index (χ1) is 10.3. The third kappa shape index (κ3) is 3.23. The summed E-state index contributed by atoms with van der Waals surface area (Å²) in [5.41, 5.74) is 1.69. The third-order valence-electron chi connectivity index (χ3n) is 3.27. The van der Waals surface area contributed by atoms with E-state index >= 15 is 0 Å². The molecule has 1 N–H and O–H groups in total. The summed E-state index contributed by atoms with van der Waals surface area (Å²) in [4.78, 5) is 12.0. The maximum atomic E-state index is 12.0. The van der Waals surface area contributed by atoms with Crippen LogP contribution >= 0.6 is 0 Å². The molecular formula is C17H16N2O2. The molecule has 0 spiro atoms. The van der Waals surface area contributed by atoms with E-state index in [1.807, 2.05) is 65.5 Å². The fourth-order valence-corrected chi connectivity index (χ4v) is 2.15. The van der Waals surface area contributed by atoms with Gasteiger partial charge in [-0.25, -0.2) is 0 Å². The van der Waals surface area contributed by atoms with Crippen LogP contribution < -0.4 is 5.32 Å². The Bertz CT molecular complexity index is 683. The van der Waals surface area contributed by atoms with Crippen molar-refractivity contribution in [2.75, 3.05) is 6.54 Å². The Labute approximate surface area is 123 Å². The molecule has 0 radical (unpaired) electrons. The molecule has 106 valence electrons. The van der Waals surface area contributed by atoms with Crippen molar-refractivity contribution in [1.82, 2.24) is 9.88 Å². The van der Waals surface area contributed by atoms with E-state index in [2.05, 4.69) is 5.32 Å². The number of nitrogens with zero attached hydrogens (tertiary/aromatic N) is 1. The minimum absolute atomic E-state index is 0.0689. The summed E-state index contributed by atoms with van der Waals surface area (Å²) in [6.45, 7) is 0.561. The van der Waals surface area contributed by atoms with E-state index in [0.717, 1.165) is 11.4 Å². The van der Waals surface area contributed by atoms with E-state index in [1.54, 1.807) is 6.26 Å². The van der Waals surface area contributed by atoms with Gasteiger partial charge in [-0.1, -0.05) is 0 Å². The Balaban J connectivity index is 1.57. The molecule has 3 aromatic rings. The predicted octanol–water partition coefficient (Wildman–Crippen LogP) is 3.04. The van der Waals surface area contributed by atoms with Crippen molar-refractivity contribution in [2.45, 2.75) is 6.42 Å². The van der Waals surface area contributed by atoms with Gasteiger partial charge in [-0.2, -0.15) is 0 Å². The van der Waals surface area contributed by atoms with Crippen molar-refractivity contribution in [3.8, 4) is 5.69 Å². The Hall–Kier alpha value is -2.75. The van der Waals surface area contributed by atoms with Crippen LogP contribution in [0.4, 0.5) is 0 Å². The lowest BCUT2D eigenvalue weighted by atomic mass is 10.2. The second kappa shape index (κ2) is 6.13. The molecule has 0 saturated heterocycles. The molecule has 1 aromatic carbocycles. The Morgan fingerprint density at radius 2 is 1.81 bits per heavy atom. The van der Waals surface area contributed by atoms with Gasteiger partial charge in [0.05, 0.1) is 6.26 Å². The maximum absolute atomic E-state index is 12.0. The number of hydrogen-bond acceptors (Lipinski definition) is 2. The van der Waals surface area contributed by atoms with Crippen molar-refractivity contribution in [3.63, 3.8) is 0 Å². The predicted molar refractivity (Wildman–Crippen MR) is 80.5 cm³/mol. The van der Waals surface area contributed by atoms with Gasteiger partial charge in [0.25, 0.3) is 5.91 Å². The van der Waals surface area contributed by atoms with E-state index in [0.29, 0.717) is 18.5 Å². The van der Waals surface area contributed by atoms with Crippen LogP contribution in [-0.2, 0) is 6.42 Å². The minimum atomic E-state index is -0.0689. The van der Waals surface area contributed by atoms with Gasteiger partial charge in [0.15, 0.2) is 0 Å². The number of nitrogens with one attached hydrogen (secondary N) is 1. The smallest absolute Gasteiger partial charge is 0.251 e. The number of benzene rings is 1. The van der Waals surface area contributed by atoms with Crippen LogP contribution in [0.5, 0.6) is 0 Å². The molecule has 4 heteroatoms. The number of furan rings is 1. The van der Waals surface area contributed by atoms with Crippen molar-refractivity contribution < 1.29 is 9.21 Å². The topological polar surface area (TPSA) is 47.2 Å². The number of carbonyl (C=O) groups is 1. The van der Waals surface area contributed by atoms with Crippen molar-refractivity contribution in [3.05, 3.63) is 78.5 Å². The van der Waals surface area contributed by atoms with Crippen LogP contribution in [0.15, 0.2) is 71.6 Å². The molecule has 21 heavy (non-hydrogen) atoms. The summed E-state index contributed by atoms with van der Waals surface area (Å²) in [7, 11) is 0. The molecule has 2 heterocycles. The van der Waals surface area contributed by atoms with E-state index in [1.165, 1.54) is 0 Å². The van der Waals surface area contributed by atoms with Crippen LogP contribution in [0.2, 0.25) is 0 Å². The monoisotopic (exact) mass is 280 g/mol. The molecule has 1 amide bonds. The van der Waals surface area contributed by atoms with Crippen molar-refractivity contribution in [2.24, 2.45) is 0 Å². The summed E-state index contributed by atoms with van der Waals surface area (Å²) in [5, 5.41) is 2.89. The lowest BCUT2D eigenvalue weighted by molar-refractivity contribution is 0.0953. The first-order valence-corrected chi connectivity index (χ1v) is 6.87. The van der Waals surface area contributed by atoms with E-state index < -0.39 is 0 Å². The SMILES string of the molecule is O=C(NCCc1ccco1)c1ccc(-n2cccc2)cc1. The summed E-state index contributed by atoms with van der Waals surface area (Å²) >= 11 is 0. The van der Waals surface area contributed by atoms with Crippen molar-refractivity contribution in [1.29, 1.82) is 0 Å². The number of carbonyl (C=O) groups excluding carboxylic acids is 1. The molecule has 0 bridgehead atoms. The lowest BCUT2D eigenvalue weighted by Crippen LogP contribution is -2.25. The molecule has 4 nitrogen and oxygen atoms in total. The van der Waals surface area contributed by atoms with Gasteiger partial charge in [0, 0.05) is 36.6 Å². The van der Waals surface area contributed by atoms with Crippen LogP contribution in [0.1, 0.15) is 16.1 Å². The zero-order chi connectivity index (χ0) is 14.5. The lowest BCUT2D eigenvalue weighted by Gasteiger charge is -2.06. The summed E-state index contributed by atoms with van der Waals surface area (Å²) < 4.78 is 7.22. The number of rotatable bonds is 5. The second-order valence-corrected chi connectivity index (χ2v) is 4.72. The average molecular weight is 280 g/mol. The highest BCUT2D eigenvalue weighted by Gasteiger charge is 2.05. The van der Waals surface area contributed by atoms with E-state index in [-0.39, 0.29) is 5.91 Å². The van der Waals surface area contributed by atoms with Crippen LogP contribution in [-0.4, -0.2) is 17.0 Å². The molecule has 2 aromatic heterocycles. The minimum Gasteiger partial charge on any atom is -0.469 e. The highest BCUT2D eigenvalue weighted by Crippen LogP contribution is 2.10. The first kappa shape index (κ1) is 13.2. The van der Waals surface area contributed by atoms with Crippen LogP contribution in [0, 0.1) is 0 Å². The van der Waals surface area contributed by atoms with Gasteiger partial charge < -0.3 is 14.3 Å². The van der Waals surface area contributed by atoms with Crippen molar-refractivity contribution >= 4 is 5.91 Å². The van der Waals surface area contributed by atoms with Gasteiger partial charge in [0.2, 0.25) is 0 Å². The van der Waals surface area contributed by atoms with Gasteiger partial charge >= 0.3 is 0 Å². The number of hydrogen-bond donors (Lipinski definition) is 1. The standard InChI is InChI=1S/C17H16N2O2/c20-17(18-10-9-16-4-3-13-21-16)14-5-7-15(8-6-14)19-11-1-2-12-19/h1-8,11-13H,9-10H2,(H,18,20). The van der Waals surface area contributed by atoms with Crippen LogP contribution in [0.3, 0.4) is 0 Å². The Morgan fingerprint density at radius 3 is 2.48 bits per heavy atom. The quantitative estimate of drug-likeness (QED) is 0.781. The van der Waals surface area contributed by atoms with Gasteiger partial charge in [0.1, 0.15) is 5.76 Å². The average Bonchev–Trinajstić information content (AvgIpc) is 3.21. The highest BCUT2D eigenvalue weighted by atomic mass is 16.3. The largest absolute Gasteiger partial charge is 0.469 e. The fraction of sp³-hybridized carbons (Fsp3) is 0.118. The van der Waals surface area contributed by atoms with E-state index in [9.17, 15) is 4.79 Å². The van der Waals surface area contributed by atoms with Gasteiger partial charge in [-0.15, -0.1) is 0 Å². The third-order valence-corrected chi connectivity index (χ3v) is 3.27. The van der Waals surface area contributed by atoms with Gasteiger partial charge in [-0.3, -0.25) is 4.79 Å². The normalized spacial score (nSPS) is 10.5. The van der Waals surface area contributed by atoms with E-state index in [4.69, 9.17) is 4.42 Å². The molecule has 0 atom stereocenters. The summed E-state index contributed by atoms with van der Waals surface area (Å²) in [5.74, 6) is 0.805. The number of aromatic nitrogens is 1. The fourth-order valence-electron chi connectivity index (χ4n) is 2.15.